The van der Waals surface area contributed by atoms with Crippen molar-refractivity contribution in [2.75, 3.05) is 20.0 Å². The third kappa shape index (κ3) is 3.42. The van der Waals surface area contributed by atoms with Crippen molar-refractivity contribution in [2.24, 2.45) is 0 Å². The zero-order valence-electron chi connectivity index (χ0n) is 11.9. The number of hydrogen-bond donors (Lipinski definition) is 2. The number of amides is 1. The zero-order valence-corrected chi connectivity index (χ0v) is 11.9. The van der Waals surface area contributed by atoms with Crippen LogP contribution in [0.2, 0.25) is 0 Å². The van der Waals surface area contributed by atoms with Crippen LogP contribution in [-0.4, -0.2) is 25.1 Å². The first kappa shape index (κ1) is 14.6. The summed E-state index contributed by atoms with van der Waals surface area (Å²) in [5, 5.41) is 2.77. The maximum absolute atomic E-state index is 12.2. The first-order valence-corrected chi connectivity index (χ1v) is 6.35. The van der Waals surface area contributed by atoms with Crippen LogP contribution in [0.1, 0.15) is 16.1 Å². The summed E-state index contributed by atoms with van der Waals surface area (Å²) < 4.78 is 10.3. The molecule has 1 heterocycles. The highest BCUT2D eigenvalue weighted by atomic mass is 16.5. The molecule has 1 aromatic carbocycles. The minimum Gasteiger partial charge on any atom is -0.497 e. The van der Waals surface area contributed by atoms with E-state index in [-0.39, 0.29) is 11.6 Å². The fourth-order valence-electron chi connectivity index (χ4n) is 1.84. The molecule has 0 bridgehead atoms. The van der Waals surface area contributed by atoms with Gasteiger partial charge in [0.05, 0.1) is 37.7 Å². The Labute approximate surface area is 122 Å². The van der Waals surface area contributed by atoms with Gasteiger partial charge in [-0.3, -0.25) is 9.78 Å². The van der Waals surface area contributed by atoms with E-state index in [0.29, 0.717) is 23.6 Å². The Balaban J connectivity index is 2.18. The molecule has 0 radical (unpaired) electrons. The van der Waals surface area contributed by atoms with E-state index in [1.165, 1.54) is 14.2 Å². The Morgan fingerprint density at radius 3 is 2.71 bits per heavy atom. The van der Waals surface area contributed by atoms with Crippen LogP contribution in [0.15, 0.2) is 36.5 Å². The van der Waals surface area contributed by atoms with Crippen LogP contribution in [0, 0.1) is 0 Å². The second-order valence-electron chi connectivity index (χ2n) is 4.29. The number of ether oxygens (including phenoxy) is 2. The number of nitrogen functional groups attached to an aromatic ring is 1. The van der Waals surface area contributed by atoms with Crippen molar-refractivity contribution in [1.29, 1.82) is 0 Å². The van der Waals surface area contributed by atoms with Crippen molar-refractivity contribution in [2.45, 2.75) is 6.54 Å². The Morgan fingerprint density at radius 2 is 2.10 bits per heavy atom. The molecule has 0 aliphatic heterocycles. The molecule has 0 spiro atoms. The predicted molar refractivity (Wildman–Crippen MR) is 79.4 cm³/mol. The standard InChI is InChI=1S/C15H17N3O3/c1-20-11-7-12(14(16)13(8-11)21-2)15(19)18-9-10-5-3-4-6-17-10/h3-8H,9,16H2,1-2H3,(H,18,19). The number of carbonyl (C=O) groups excluding carboxylic acids is 1. The Morgan fingerprint density at radius 1 is 1.29 bits per heavy atom. The van der Waals surface area contributed by atoms with Crippen LogP contribution >= 0.6 is 0 Å². The summed E-state index contributed by atoms with van der Waals surface area (Å²) >= 11 is 0. The van der Waals surface area contributed by atoms with E-state index in [9.17, 15) is 4.79 Å². The second kappa shape index (κ2) is 6.60. The van der Waals surface area contributed by atoms with E-state index in [1.54, 1.807) is 18.3 Å². The predicted octanol–water partition coefficient (Wildman–Crippen LogP) is 1.61. The van der Waals surface area contributed by atoms with Crippen LogP contribution in [0.3, 0.4) is 0 Å². The lowest BCUT2D eigenvalue weighted by Gasteiger charge is -2.12. The van der Waals surface area contributed by atoms with Gasteiger partial charge in [-0.25, -0.2) is 0 Å². The molecule has 0 saturated carbocycles. The normalized spacial score (nSPS) is 10.0. The first-order chi connectivity index (χ1) is 10.2. The van der Waals surface area contributed by atoms with Gasteiger partial charge in [-0.05, 0) is 18.2 Å². The lowest BCUT2D eigenvalue weighted by Crippen LogP contribution is -2.24. The zero-order chi connectivity index (χ0) is 15.2. The molecule has 1 aromatic heterocycles. The van der Waals surface area contributed by atoms with Crippen LogP contribution in [0.5, 0.6) is 11.5 Å². The minimum absolute atomic E-state index is 0.275. The number of carbonyl (C=O) groups is 1. The summed E-state index contributed by atoms with van der Waals surface area (Å²) in [5.74, 6) is 0.594. The number of methoxy groups -OCH3 is 2. The molecule has 0 aliphatic rings. The molecule has 0 saturated heterocycles. The van der Waals surface area contributed by atoms with E-state index >= 15 is 0 Å². The highest BCUT2D eigenvalue weighted by Crippen LogP contribution is 2.30. The summed E-state index contributed by atoms with van der Waals surface area (Å²) in [6.07, 6.45) is 1.67. The maximum atomic E-state index is 12.2. The number of nitrogens with two attached hydrogens (primary N) is 1. The Hall–Kier alpha value is -2.76. The van der Waals surface area contributed by atoms with Crippen LogP contribution in [-0.2, 0) is 6.54 Å². The van der Waals surface area contributed by atoms with E-state index in [1.807, 2.05) is 18.2 Å². The van der Waals surface area contributed by atoms with E-state index < -0.39 is 0 Å². The van der Waals surface area contributed by atoms with Crippen LogP contribution in [0.4, 0.5) is 5.69 Å². The van der Waals surface area contributed by atoms with Gasteiger partial charge < -0.3 is 20.5 Å². The summed E-state index contributed by atoms with van der Waals surface area (Å²) in [4.78, 5) is 16.4. The van der Waals surface area contributed by atoms with Gasteiger partial charge in [-0.2, -0.15) is 0 Å². The van der Waals surface area contributed by atoms with Crippen molar-refractivity contribution in [3.05, 3.63) is 47.8 Å². The molecular weight excluding hydrogens is 270 g/mol. The third-order valence-corrected chi connectivity index (χ3v) is 2.97. The van der Waals surface area contributed by atoms with Gasteiger partial charge in [0.1, 0.15) is 11.5 Å². The Kier molecular flexibility index (Phi) is 4.61. The highest BCUT2D eigenvalue weighted by molar-refractivity contribution is 6.00. The summed E-state index contributed by atoms with van der Waals surface area (Å²) in [6, 6.07) is 8.71. The number of hydrogen-bond acceptors (Lipinski definition) is 5. The van der Waals surface area contributed by atoms with Gasteiger partial charge >= 0.3 is 0 Å². The van der Waals surface area contributed by atoms with E-state index in [2.05, 4.69) is 10.3 Å². The summed E-state index contributed by atoms with van der Waals surface area (Å²) in [7, 11) is 3.00. The summed E-state index contributed by atoms with van der Waals surface area (Å²) in [5.41, 5.74) is 7.28. The first-order valence-electron chi connectivity index (χ1n) is 6.35. The van der Waals surface area contributed by atoms with E-state index in [0.717, 1.165) is 5.69 Å². The molecule has 2 rings (SSSR count). The van der Waals surface area contributed by atoms with E-state index in [4.69, 9.17) is 15.2 Å². The smallest absolute Gasteiger partial charge is 0.253 e. The van der Waals surface area contributed by atoms with Gasteiger partial charge in [0, 0.05) is 12.3 Å². The third-order valence-electron chi connectivity index (χ3n) is 2.97. The highest BCUT2D eigenvalue weighted by Gasteiger charge is 2.15. The molecule has 0 aliphatic carbocycles. The largest absolute Gasteiger partial charge is 0.497 e. The topological polar surface area (TPSA) is 86.5 Å². The number of nitrogens with zero attached hydrogens (tertiary/aromatic N) is 1. The summed E-state index contributed by atoms with van der Waals surface area (Å²) in [6.45, 7) is 0.318. The number of rotatable bonds is 5. The quantitative estimate of drug-likeness (QED) is 0.816. The molecule has 6 heteroatoms. The molecule has 0 atom stereocenters. The fourth-order valence-corrected chi connectivity index (χ4v) is 1.84. The molecule has 3 N–H and O–H groups in total. The van der Waals surface area contributed by atoms with Crippen molar-refractivity contribution in [1.82, 2.24) is 10.3 Å². The van der Waals surface area contributed by atoms with Crippen molar-refractivity contribution in [3.63, 3.8) is 0 Å². The number of anilines is 1. The average Bonchev–Trinajstić information content (AvgIpc) is 2.53. The SMILES string of the molecule is COc1cc(OC)c(N)c(C(=O)NCc2ccccn2)c1. The monoisotopic (exact) mass is 287 g/mol. The molecule has 21 heavy (non-hydrogen) atoms. The Bertz CT molecular complexity index is 630. The minimum atomic E-state index is -0.310. The number of pyridine rings is 1. The molecule has 0 unspecified atom stereocenters. The molecule has 0 fully saturated rings. The van der Waals surface area contributed by atoms with Crippen molar-refractivity contribution in [3.8, 4) is 11.5 Å². The fraction of sp³-hybridized carbons (Fsp3) is 0.200. The van der Waals surface area contributed by atoms with Gasteiger partial charge in [0.25, 0.3) is 5.91 Å². The number of aromatic nitrogens is 1. The van der Waals surface area contributed by atoms with Gasteiger partial charge in [0.15, 0.2) is 0 Å². The van der Waals surface area contributed by atoms with Crippen molar-refractivity contribution >= 4 is 11.6 Å². The van der Waals surface area contributed by atoms with Gasteiger partial charge in [0.2, 0.25) is 0 Å². The lowest BCUT2D eigenvalue weighted by molar-refractivity contribution is 0.0950. The van der Waals surface area contributed by atoms with Crippen molar-refractivity contribution < 1.29 is 14.3 Å². The second-order valence-corrected chi connectivity index (χ2v) is 4.29. The van der Waals surface area contributed by atoms with Crippen LogP contribution in [0.25, 0.3) is 0 Å². The average molecular weight is 287 g/mol. The molecule has 6 nitrogen and oxygen atoms in total. The lowest BCUT2D eigenvalue weighted by atomic mass is 10.1. The molecule has 110 valence electrons. The number of benzene rings is 1. The van der Waals surface area contributed by atoms with Gasteiger partial charge in [-0.15, -0.1) is 0 Å². The van der Waals surface area contributed by atoms with Gasteiger partial charge in [-0.1, -0.05) is 6.07 Å². The number of nitrogens with one attached hydrogen (secondary N) is 1. The molecule has 1 amide bonds. The maximum Gasteiger partial charge on any atom is 0.253 e. The molecular formula is C15H17N3O3. The molecule has 2 aromatic rings. The van der Waals surface area contributed by atoms with Crippen LogP contribution < -0.4 is 20.5 Å².